The third-order valence-corrected chi connectivity index (χ3v) is 7.52. The number of fused-ring (bicyclic) bond motifs is 2. The van der Waals surface area contributed by atoms with Gasteiger partial charge in [0.1, 0.15) is 5.78 Å². The molecule has 5 aromatic carbocycles. The van der Waals surface area contributed by atoms with E-state index >= 15 is 0 Å². The molecule has 0 saturated heterocycles. The van der Waals surface area contributed by atoms with Gasteiger partial charge in [-0.2, -0.15) is 0 Å². The molecule has 1 aliphatic carbocycles. The molecule has 0 aliphatic heterocycles. The summed E-state index contributed by atoms with van der Waals surface area (Å²) in [5.41, 5.74) is 11.3. The molecule has 2 nitrogen and oxygen atoms in total. The zero-order chi connectivity index (χ0) is 23.8. The number of hydrogen-bond donors (Lipinski definition) is 1. The molecular weight excluding hydrogens is 426 g/mol. The largest absolute Gasteiger partial charge is 0.324 e. The molecule has 2 atom stereocenters. The minimum atomic E-state index is -0.186. The van der Waals surface area contributed by atoms with Crippen molar-refractivity contribution in [3.63, 3.8) is 0 Å². The minimum absolute atomic E-state index is 0.186. The number of nitrogens with two attached hydrogens (primary N) is 1. The molecule has 35 heavy (non-hydrogen) atoms. The lowest BCUT2D eigenvalue weighted by molar-refractivity contribution is -0.117. The second kappa shape index (κ2) is 8.79. The predicted molar refractivity (Wildman–Crippen MR) is 145 cm³/mol. The normalized spacial score (nSPS) is 19.2. The molecule has 0 aromatic heterocycles. The summed E-state index contributed by atoms with van der Waals surface area (Å²) in [6.45, 7) is 0. The lowest BCUT2D eigenvalue weighted by Crippen LogP contribution is -2.27. The molecule has 0 amide bonds. The maximum Gasteiger partial charge on any atom is 0.141 e. The Hall–Kier alpha value is -3.75. The van der Waals surface area contributed by atoms with Crippen molar-refractivity contribution in [2.75, 3.05) is 0 Å². The Bertz CT molecular complexity index is 1530. The summed E-state index contributed by atoms with van der Waals surface area (Å²) < 4.78 is 0. The topological polar surface area (TPSA) is 43.1 Å². The molecule has 1 saturated carbocycles. The van der Waals surface area contributed by atoms with E-state index in [0.29, 0.717) is 18.8 Å². The van der Waals surface area contributed by atoms with E-state index in [4.69, 9.17) is 5.73 Å². The third-order valence-electron chi connectivity index (χ3n) is 7.52. The molecule has 172 valence electrons. The van der Waals surface area contributed by atoms with Crippen LogP contribution in [0.2, 0.25) is 0 Å². The lowest BCUT2D eigenvalue weighted by atomic mass is 9.95. The Morgan fingerprint density at radius 3 is 2.23 bits per heavy atom. The van der Waals surface area contributed by atoms with Gasteiger partial charge in [0.05, 0.1) is 0 Å². The number of Topliss-reactive ketones (excluding diaryl/α,β-unsaturated/α-hetero) is 1. The molecule has 0 bridgehead atoms. The van der Waals surface area contributed by atoms with Gasteiger partial charge in [-0.3, -0.25) is 4.79 Å². The van der Waals surface area contributed by atoms with E-state index in [1.54, 1.807) is 0 Å². The number of rotatable bonds is 7. The zero-order valence-electron chi connectivity index (χ0n) is 19.8. The Kier molecular flexibility index (Phi) is 5.47. The first-order valence-corrected chi connectivity index (χ1v) is 12.4. The van der Waals surface area contributed by atoms with Gasteiger partial charge in [-0.05, 0) is 56.6 Å². The quantitative estimate of drug-likeness (QED) is 0.294. The molecule has 2 N–H and O–H groups in total. The van der Waals surface area contributed by atoms with Gasteiger partial charge in [0.25, 0.3) is 0 Å². The molecule has 1 fully saturated rings. The number of hydrogen-bond acceptors (Lipinski definition) is 2. The summed E-state index contributed by atoms with van der Waals surface area (Å²) in [6.07, 6.45) is 2.80. The van der Waals surface area contributed by atoms with Crippen LogP contribution in [0.5, 0.6) is 0 Å². The van der Waals surface area contributed by atoms with E-state index in [-0.39, 0.29) is 11.3 Å². The van der Waals surface area contributed by atoms with Crippen LogP contribution in [0.4, 0.5) is 0 Å². The molecule has 0 spiro atoms. The van der Waals surface area contributed by atoms with Gasteiger partial charge in [-0.25, -0.2) is 0 Å². The Morgan fingerprint density at radius 2 is 1.40 bits per heavy atom. The highest BCUT2D eigenvalue weighted by atomic mass is 16.1. The average molecular weight is 456 g/mol. The van der Waals surface area contributed by atoms with Gasteiger partial charge >= 0.3 is 0 Å². The molecule has 2 heteroatoms. The molecular formula is C33H29NO. The maximum absolute atomic E-state index is 12.8. The van der Waals surface area contributed by atoms with Crippen LogP contribution >= 0.6 is 0 Å². The van der Waals surface area contributed by atoms with Crippen LogP contribution in [0.25, 0.3) is 21.5 Å². The summed E-state index contributed by atoms with van der Waals surface area (Å²) in [5.74, 6) is 0.611. The van der Waals surface area contributed by atoms with Crippen molar-refractivity contribution < 1.29 is 4.79 Å². The fourth-order valence-corrected chi connectivity index (χ4v) is 5.51. The smallest absolute Gasteiger partial charge is 0.141 e. The predicted octanol–water partition coefficient (Wildman–Crippen LogP) is 6.77. The Morgan fingerprint density at radius 1 is 0.714 bits per heavy atom. The maximum atomic E-state index is 12.8. The van der Waals surface area contributed by atoms with E-state index in [1.807, 2.05) is 18.2 Å². The second-order valence-electron chi connectivity index (χ2n) is 10.1. The molecule has 5 aromatic rings. The van der Waals surface area contributed by atoms with Gasteiger partial charge in [0.15, 0.2) is 0 Å². The van der Waals surface area contributed by atoms with Crippen molar-refractivity contribution >= 4 is 27.3 Å². The van der Waals surface area contributed by atoms with Crippen LogP contribution < -0.4 is 5.73 Å². The minimum Gasteiger partial charge on any atom is -0.324 e. The fourth-order valence-electron chi connectivity index (χ4n) is 5.51. The highest BCUT2D eigenvalue weighted by Gasteiger charge is 2.51. The molecule has 0 heterocycles. The molecule has 0 radical (unpaired) electrons. The molecule has 1 aliphatic rings. The van der Waals surface area contributed by atoms with Crippen LogP contribution in [0.1, 0.15) is 34.6 Å². The summed E-state index contributed by atoms with van der Waals surface area (Å²) >= 11 is 0. The molecule has 6 rings (SSSR count). The summed E-state index contributed by atoms with van der Waals surface area (Å²) in [6, 6.07) is 38.1. The summed E-state index contributed by atoms with van der Waals surface area (Å²) in [5, 5.41) is 4.88. The van der Waals surface area contributed by atoms with Crippen molar-refractivity contribution in [3.05, 3.63) is 131 Å². The Balaban J connectivity index is 1.10. The number of benzene rings is 5. The third kappa shape index (κ3) is 4.50. The van der Waals surface area contributed by atoms with Crippen molar-refractivity contribution in [2.24, 2.45) is 5.73 Å². The summed E-state index contributed by atoms with van der Waals surface area (Å²) in [4.78, 5) is 12.8. The van der Waals surface area contributed by atoms with Gasteiger partial charge < -0.3 is 5.73 Å². The first kappa shape index (κ1) is 21.8. The zero-order valence-corrected chi connectivity index (χ0v) is 19.8. The van der Waals surface area contributed by atoms with Crippen molar-refractivity contribution in [3.8, 4) is 0 Å². The fraction of sp³-hybridized carbons (Fsp3) is 0.182. The van der Waals surface area contributed by atoms with Crippen molar-refractivity contribution in [1.29, 1.82) is 0 Å². The second-order valence-corrected chi connectivity index (χ2v) is 10.1. The summed E-state index contributed by atoms with van der Waals surface area (Å²) in [7, 11) is 0. The number of carbonyl (C=O) groups is 1. The van der Waals surface area contributed by atoms with Crippen LogP contribution in [-0.2, 0) is 24.1 Å². The van der Waals surface area contributed by atoms with Crippen LogP contribution in [-0.4, -0.2) is 11.3 Å². The van der Waals surface area contributed by atoms with Gasteiger partial charge in [-0.15, -0.1) is 0 Å². The van der Waals surface area contributed by atoms with Crippen LogP contribution in [0.3, 0.4) is 0 Å². The van der Waals surface area contributed by atoms with Crippen LogP contribution in [0.15, 0.2) is 109 Å². The van der Waals surface area contributed by atoms with E-state index in [0.717, 1.165) is 29.4 Å². The van der Waals surface area contributed by atoms with Gasteiger partial charge in [0.2, 0.25) is 0 Å². The molecule has 0 unspecified atom stereocenters. The van der Waals surface area contributed by atoms with E-state index in [2.05, 4.69) is 91.0 Å². The van der Waals surface area contributed by atoms with Crippen molar-refractivity contribution in [2.45, 2.75) is 37.1 Å². The van der Waals surface area contributed by atoms with Crippen molar-refractivity contribution in [1.82, 2.24) is 0 Å². The van der Waals surface area contributed by atoms with Gasteiger partial charge in [-0.1, -0.05) is 109 Å². The lowest BCUT2D eigenvalue weighted by Gasteiger charge is -2.13. The monoisotopic (exact) mass is 455 g/mol. The first-order valence-electron chi connectivity index (χ1n) is 12.4. The van der Waals surface area contributed by atoms with E-state index < -0.39 is 0 Å². The Labute approximate surface area is 206 Å². The highest BCUT2D eigenvalue weighted by molar-refractivity contribution is 5.91. The highest BCUT2D eigenvalue weighted by Crippen LogP contribution is 2.51. The number of ketones is 1. The van der Waals surface area contributed by atoms with E-state index in [1.165, 1.54) is 27.3 Å². The van der Waals surface area contributed by atoms with Crippen LogP contribution in [0, 0.1) is 0 Å². The van der Waals surface area contributed by atoms with Gasteiger partial charge in [0, 0.05) is 24.3 Å². The van der Waals surface area contributed by atoms with E-state index in [9.17, 15) is 4.79 Å². The average Bonchev–Trinajstić information content (AvgIpc) is 3.55. The number of carbonyl (C=O) groups excluding carboxylic acids is 1. The first-order chi connectivity index (χ1) is 17.1. The SMILES string of the molecule is N[C@]1(Cc2ccc3ccccc3c2)C[C@H]1c1ccc(CC(=O)Cc2cccc3ccccc23)cc1. The standard InChI is InChI=1S/C33H29NO/c34-33(21-24-14-15-25-6-1-2-8-28(25)18-24)22-32(33)27-16-12-23(13-17-27)19-30(35)20-29-10-5-9-26-7-3-4-11-31(26)29/h1-18,32H,19-22,34H2/t32-,33+/m0/s1.